The minimum absolute atomic E-state index is 0. The van der Waals surface area contributed by atoms with Crippen molar-refractivity contribution in [2.45, 2.75) is 0 Å². The molecule has 0 aromatic rings. The second kappa shape index (κ2) is 3.22. The van der Waals surface area contributed by atoms with Crippen molar-refractivity contribution in [3.63, 3.8) is 0 Å². The van der Waals surface area contributed by atoms with Crippen LogP contribution in [-0.4, -0.2) is 25.6 Å². The molecule has 0 spiro atoms. The first kappa shape index (κ1) is 10.2. The standard InChI is InChI=1S/C5H12N.BrH/c1-5-6(2,3)4;/h5H,1H2,2-4H3;1H/q+1;/p-1. The summed E-state index contributed by atoms with van der Waals surface area (Å²) in [7, 11) is 6.19. The molecule has 0 fully saturated rings. The monoisotopic (exact) mass is 165 g/mol. The van der Waals surface area contributed by atoms with E-state index in [2.05, 4.69) is 27.7 Å². The van der Waals surface area contributed by atoms with Crippen molar-refractivity contribution in [1.82, 2.24) is 0 Å². The maximum atomic E-state index is 3.60. The van der Waals surface area contributed by atoms with Crippen LogP contribution in [0.2, 0.25) is 0 Å². The molecular weight excluding hydrogens is 154 g/mol. The van der Waals surface area contributed by atoms with Gasteiger partial charge in [0, 0.05) is 0 Å². The molecule has 0 heterocycles. The van der Waals surface area contributed by atoms with Crippen LogP contribution in [0.5, 0.6) is 0 Å². The van der Waals surface area contributed by atoms with Crippen molar-refractivity contribution in [2.75, 3.05) is 21.1 Å². The van der Waals surface area contributed by atoms with Gasteiger partial charge in [-0.15, -0.1) is 0 Å². The van der Waals surface area contributed by atoms with Crippen molar-refractivity contribution >= 4 is 0 Å². The Kier molecular flexibility index (Phi) is 4.70. The van der Waals surface area contributed by atoms with Gasteiger partial charge in [-0.05, 0) is 6.58 Å². The van der Waals surface area contributed by atoms with E-state index in [0.29, 0.717) is 0 Å². The fraction of sp³-hybridized carbons (Fsp3) is 0.600. The molecule has 0 aromatic heterocycles. The quantitative estimate of drug-likeness (QED) is 0.389. The minimum Gasteiger partial charge on any atom is -1.00 e. The fourth-order valence-electron chi connectivity index (χ4n) is 0. The number of halogens is 1. The molecule has 0 aliphatic rings. The Morgan fingerprint density at radius 2 is 1.43 bits per heavy atom. The zero-order valence-electron chi connectivity index (χ0n) is 5.11. The summed E-state index contributed by atoms with van der Waals surface area (Å²) >= 11 is 0. The molecular formula is C5H12BrN. The van der Waals surface area contributed by atoms with Gasteiger partial charge >= 0.3 is 0 Å². The molecule has 0 rings (SSSR count). The second-order valence-corrected chi connectivity index (χ2v) is 2.30. The molecule has 0 aromatic carbocycles. The van der Waals surface area contributed by atoms with Gasteiger partial charge in [-0.1, -0.05) is 0 Å². The summed E-state index contributed by atoms with van der Waals surface area (Å²) < 4.78 is 0.833. The van der Waals surface area contributed by atoms with E-state index in [9.17, 15) is 0 Å². The predicted octanol–water partition coefficient (Wildman–Crippen LogP) is -2.16. The zero-order valence-corrected chi connectivity index (χ0v) is 6.70. The van der Waals surface area contributed by atoms with Gasteiger partial charge in [0.1, 0.15) is 0 Å². The fourth-order valence-corrected chi connectivity index (χ4v) is 0. The van der Waals surface area contributed by atoms with Crippen LogP contribution in [-0.2, 0) is 0 Å². The smallest absolute Gasteiger partial charge is 0.0879 e. The number of quaternary nitrogens is 1. The van der Waals surface area contributed by atoms with Gasteiger partial charge in [-0.2, -0.15) is 0 Å². The molecule has 7 heavy (non-hydrogen) atoms. The third-order valence-electron chi connectivity index (χ3n) is 0.548. The lowest BCUT2D eigenvalue weighted by Crippen LogP contribution is -3.00. The largest absolute Gasteiger partial charge is 1.00 e. The van der Waals surface area contributed by atoms with E-state index >= 15 is 0 Å². The van der Waals surface area contributed by atoms with Gasteiger partial charge in [0.05, 0.1) is 27.3 Å². The SMILES string of the molecule is C=C[N+](C)(C)C.[Br-]. The Bertz CT molecular complexity index is 53.6. The van der Waals surface area contributed by atoms with E-state index in [0.717, 1.165) is 4.48 Å². The Hall–Kier alpha value is 0.180. The number of nitrogens with zero attached hydrogens (tertiary/aromatic N) is 1. The number of rotatable bonds is 1. The molecule has 0 aliphatic heterocycles. The van der Waals surface area contributed by atoms with E-state index in [1.165, 1.54) is 0 Å². The summed E-state index contributed by atoms with van der Waals surface area (Å²) in [5.41, 5.74) is 0. The molecule has 0 atom stereocenters. The zero-order chi connectivity index (χ0) is 5.21. The van der Waals surface area contributed by atoms with Crippen LogP contribution in [0.4, 0.5) is 0 Å². The molecule has 0 amide bonds. The predicted molar refractivity (Wildman–Crippen MR) is 28.2 cm³/mol. The van der Waals surface area contributed by atoms with Crippen molar-refractivity contribution in [2.24, 2.45) is 0 Å². The van der Waals surface area contributed by atoms with Crippen LogP contribution in [0, 0.1) is 0 Å². The summed E-state index contributed by atoms with van der Waals surface area (Å²) in [6.07, 6.45) is 1.88. The Morgan fingerprint density at radius 1 is 1.29 bits per heavy atom. The van der Waals surface area contributed by atoms with Crippen molar-refractivity contribution < 1.29 is 21.5 Å². The Balaban J connectivity index is 0. The maximum Gasteiger partial charge on any atom is 0.0879 e. The van der Waals surface area contributed by atoms with Gasteiger partial charge < -0.3 is 21.5 Å². The first-order valence-corrected chi connectivity index (χ1v) is 2.01. The second-order valence-electron chi connectivity index (χ2n) is 2.30. The molecule has 0 unspecified atom stereocenters. The highest BCUT2D eigenvalue weighted by Gasteiger charge is 1.94. The lowest BCUT2D eigenvalue weighted by molar-refractivity contribution is -0.816. The van der Waals surface area contributed by atoms with Gasteiger partial charge in [-0.25, -0.2) is 0 Å². The van der Waals surface area contributed by atoms with E-state index in [1.54, 1.807) is 0 Å². The topological polar surface area (TPSA) is 0 Å². The highest BCUT2D eigenvalue weighted by atomic mass is 79.9. The van der Waals surface area contributed by atoms with Crippen LogP contribution in [0.15, 0.2) is 12.8 Å². The summed E-state index contributed by atoms with van der Waals surface area (Å²) in [5.74, 6) is 0. The molecule has 0 saturated carbocycles. The number of hydrogen-bond acceptors (Lipinski definition) is 0. The lowest BCUT2D eigenvalue weighted by atomic mass is 10.7. The molecule has 0 N–H and O–H groups in total. The van der Waals surface area contributed by atoms with Crippen molar-refractivity contribution in [1.29, 1.82) is 0 Å². The Morgan fingerprint density at radius 3 is 1.43 bits per heavy atom. The van der Waals surface area contributed by atoms with Crippen molar-refractivity contribution in [3.8, 4) is 0 Å². The average molecular weight is 166 g/mol. The number of hydrogen-bond donors (Lipinski definition) is 0. The molecule has 1 nitrogen and oxygen atoms in total. The van der Waals surface area contributed by atoms with Crippen LogP contribution in [0.1, 0.15) is 0 Å². The normalized spacial score (nSPS) is 9.57. The third-order valence-corrected chi connectivity index (χ3v) is 0.548. The Labute approximate surface area is 56.0 Å². The van der Waals surface area contributed by atoms with E-state index < -0.39 is 0 Å². The van der Waals surface area contributed by atoms with Crippen molar-refractivity contribution in [3.05, 3.63) is 12.8 Å². The van der Waals surface area contributed by atoms with E-state index in [1.807, 2.05) is 6.20 Å². The first-order valence-electron chi connectivity index (χ1n) is 2.01. The van der Waals surface area contributed by atoms with Crippen LogP contribution < -0.4 is 17.0 Å². The van der Waals surface area contributed by atoms with Gasteiger partial charge in [0.2, 0.25) is 0 Å². The highest BCUT2D eigenvalue weighted by molar-refractivity contribution is 4.46. The van der Waals surface area contributed by atoms with Crippen LogP contribution in [0.25, 0.3) is 0 Å². The lowest BCUT2D eigenvalue weighted by Gasteiger charge is -2.15. The molecule has 0 radical (unpaired) electrons. The van der Waals surface area contributed by atoms with Gasteiger partial charge in [0.15, 0.2) is 0 Å². The molecule has 2 heteroatoms. The molecule has 0 aliphatic carbocycles. The van der Waals surface area contributed by atoms with Crippen LogP contribution >= 0.6 is 0 Å². The first-order chi connectivity index (χ1) is 2.56. The average Bonchev–Trinajstić information content (AvgIpc) is 1.35. The minimum atomic E-state index is 0. The van der Waals surface area contributed by atoms with Gasteiger partial charge in [0.25, 0.3) is 0 Å². The highest BCUT2D eigenvalue weighted by Crippen LogP contribution is 1.85. The van der Waals surface area contributed by atoms with Crippen LogP contribution in [0.3, 0.4) is 0 Å². The maximum absolute atomic E-state index is 3.60. The third kappa shape index (κ3) is 10.7. The summed E-state index contributed by atoms with van der Waals surface area (Å²) in [5, 5.41) is 0. The summed E-state index contributed by atoms with van der Waals surface area (Å²) in [6.45, 7) is 3.60. The summed E-state index contributed by atoms with van der Waals surface area (Å²) in [4.78, 5) is 0. The molecule has 0 bridgehead atoms. The van der Waals surface area contributed by atoms with Gasteiger partial charge in [-0.3, -0.25) is 0 Å². The molecule has 0 saturated heterocycles. The van der Waals surface area contributed by atoms with E-state index in [4.69, 9.17) is 0 Å². The van der Waals surface area contributed by atoms with E-state index in [-0.39, 0.29) is 17.0 Å². The summed E-state index contributed by atoms with van der Waals surface area (Å²) in [6, 6.07) is 0. The molecule has 44 valence electrons.